The number of nitrogens with one attached hydrogen (secondary N) is 4. The monoisotopic (exact) mass is 498 g/mol. The Labute approximate surface area is 200 Å². The molecular weight excluding hydrogens is 468 g/mol. The zero-order chi connectivity index (χ0) is 24.4. The molecule has 0 aromatic rings. The van der Waals surface area contributed by atoms with Crippen LogP contribution >= 0.6 is 21.6 Å². The van der Waals surface area contributed by atoms with Crippen molar-refractivity contribution in [1.29, 1.82) is 0 Å². The van der Waals surface area contributed by atoms with E-state index in [4.69, 9.17) is 4.74 Å². The predicted octanol–water partition coefficient (Wildman–Crippen LogP) is 0.405. The van der Waals surface area contributed by atoms with E-state index >= 15 is 0 Å². The van der Waals surface area contributed by atoms with E-state index in [0.717, 1.165) is 0 Å². The Morgan fingerprint density at radius 2 is 1.85 bits per heavy atom. The van der Waals surface area contributed by atoms with Gasteiger partial charge in [0.05, 0.1) is 13.0 Å². The summed E-state index contributed by atoms with van der Waals surface area (Å²) < 4.78 is 5.55. The first kappa shape index (κ1) is 26.8. The normalized spacial score (nSPS) is 28.8. The molecule has 33 heavy (non-hydrogen) atoms. The van der Waals surface area contributed by atoms with Gasteiger partial charge in [-0.05, 0) is 25.3 Å². The summed E-state index contributed by atoms with van der Waals surface area (Å²) in [5, 5.41) is 10.2. The summed E-state index contributed by atoms with van der Waals surface area (Å²) in [6.45, 7) is 4.74. The fourth-order valence-electron chi connectivity index (χ4n) is 2.97. The summed E-state index contributed by atoms with van der Waals surface area (Å²) in [5.74, 6) is -2.30. The molecule has 0 spiro atoms. The van der Waals surface area contributed by atoms with E-state index in [1.54, 1.807) is 26.8 Å². The third kappa shape index (κ3) is 8.77. The first-order chi connectivity index (χ1) is 15.7. The SMILES string of the molecule is C/C=C1\NC(=O)[C@H]2CSSCC/C=C\[C@H](CC(=O)NCC(=O)N2)OC(=O)[C@H](C(C)C)NC1=O. The van der Waals surface area contributed by atoms with Gasteiger partial charge in [0.2, 0.25) is 17.7 Å². The molecule has 0 aliphatic carbocycles. The van der Waals surface area contributed by atoms with Crippen molar-refractivity contribution in [2.75, 3.05) is 18.1 Å². The first-order valence-corrected chi connectivity index (χ1v) is 13.2. The van der Waals surface area contributed by atoms with Crippen LogP contribution in [-0.4, -0.2) is 65.8 Å². The fourth-order valence-corrected chi connectivity index (χ4v) is 5.13. The summed E-state index contributed by atoms with van der Waals surface area (Å²) in [5.41, 5.74) is -0.0449. The maximum absolute atomic E-state index is 12.9. The van der Waals surface area contributed by atoms with Crippen LogP contribution in [0.25, 0.3) is 0 Å². The number of carbonyl (C=O) groups is 5. The molecule has 0 aromatic carbocycles. The fraction of sp³-hybridized carbons (Fsp3) is 0.571. The Bertz CT molecular complexity index is 830. The van der Waals surface area contributed by atoms with Crippen LogP contribution in [0, 0.1) is 5.92 Å². The van der Waals surface area contributed by atoms with E-state index in [9.17, 15) is 24.0 Å². The number of rotatable bonds is 1. The molecule has 0 saturated carbocycles. The van der Waals surface area contributed by atoms with Gasteiger partial charge in [-0.25, -0.2) is 4.79 Å². The van der Waals surface area contributed by atoms with E-state index in [-0.39, 0.29) is 30.3 Å². The molecule has 1 saturated heterocycles. The highest BCUT2D eigenvalue weighted by Gasteiger charge is 2.31. The first-order valence-electron chi connectivity index (χ1n) is 10.7. The lowest BCUT2D eigenvalue weighted by Gasteiger charge is -2.25. The molecule has 4 amide bonds. The average Bonchev–Trinajstić information content (AvgIpc) is 2.76. The molecule has 3 atom stereocenters. The van der Waals surface area contributed by atoms with Gasteiger partial charge in [0.1, 0.15) is 23.9 Å². The van der Waals surface area contributed by atoms with E-state index in [2.05, 4.69) is 21.3 Å². The van der Waals surface area contributed by atoms with Crippen molar-refractivity contribution in [3.05, 3.63) is 23.9 Å². The highest BCUT2D eigenvalue weighted by atomic mass is 33.1. The van der Waals surface area contributed by atoms with Crippen LogP contribution in [0.4, 0.5) is 0 Å². The number of amides is 4. The molecule has 0 aromatic heterocycles. The Balaban J connectivity index is 2.45. The Kier molecular flexibility index (Phi) is 10.8. The van der Waals surface area contributed by atoms with Gasteiger partial charge in [-0.15, -0.1) is 0 Å². The lowest BCUT2D eigenvalue weighted by atomic mass is 10.0. The Morgan fingerprint density at radius 3 is 2.55 bits per heavy atom. The number of allylic oxidation sites excluding steroid dienone is 2. The molecule has 10 nitrogen and oxygen atoms in total. The van der Waals surface area contributed by atoms with Gasteiger partial charge in [-0.3, -0.25) is 19.2 Å². The quantitative estimate of drug-likeness (QED) is 0.176. The van der Waals surface area contributed by atoms with Crippen molar-refractivity contribution in [2.24, 2.45) is 5.92 Å². The number of hydrogen-bond donors (Lipinski definition) is 4. The zero-order valence-electron chi connectivity index (χ0n) is 18.8. The zero-order valence-corrected chi connectivity index (χ0v) is 20.5. The molecule has 0 unspecified atom stereocenters. The molecule has 182 valence electrons. The van der Waals surface area contributed by atoms with E-state index in [1.165, 1.54) is 27.7 Å². The van der Waals surface area contributed by atoms with E-state index < -0.39 is 47.8 Å². The van der Waals surface area contributed by atoms with Gasteiger partial charge in [0.25, 0.3) is 5.91 Å². The maximum Gasteiger partial charge on any atom is 0.329 e. The third-order valence-electron chi connectivity index (χ3n) is 4.79. The molecule has 2 heterocycles. The van der Waals surface area contributed by atoms with Crippen molar-refractivity contribution in [3.8, 4) is 0 Å². The molecule has 12 heteroatoms. The van der Waals surface area contributed by atoms with Crippen molar-refractivity contribution in [3.63, 3.8) is 0 Å². The van der Waals surface area contributed by atoms with Crippen molar-refractivity contribution < 1.29 is 28.7 Å². The topological polar surface area (TPSA) is 143 Å². The van der Waals surface area contributed by atoms with Crippen LogP contribution in [0.2, 0.25) is 0 Å². The second-order valence-electron chi connectivity index (χ2n) is 7.79. The van der Waals surface area contributed by atoms with Gasteiger partial charge < -0.3 is 26.0 Å². The molecule has 4 N–H and O–H groups in total. The minimum Gasteiger partial charge on any atom is -0.456 e. The number of hydrogen-bond acceptors (Lipinski definition) is 8. The number of carbonyl (C=O) groups excluding carboxylic acids is 5. The summed E-state index contributed by atoms with van der Waals surface area (Å²) >= 11 is 0. The third-order valence-corrected chi connectivity index (χ3v) is 7.23. The van der Waals surface area contributed by atoms with Crippen LogP contribution in [0.5, 0.6) is 0 Å². The number of fused-ring (bicyclic) bond motifs is 7. The van der Waals surface area contributed by atoms with Crippen LogP contribution in [0.1, 0.15) is 33.6 Å². The largest absolute Gasteiger partial charge is 0.456 e. The molecule has 2 rings (SSSR count). The highest BCUT2D eigenvalue weighted by Crippen LogP contribution is 2.23. The van der Waals surface area contributed by atoms with Crippen LogP contribution in [-0.2, 0) is 28.7 Å². The summed E-state index contributed by atoms with van der Waals surface area (Å²) in [4.78, 5) is 63.3. The second kappa shape index (κ2) is 13.3. The van der Waals surface area contributed by atoms with Crippen LogP contribution in [0.3, 0.4) is 0 Å². The number of esters is 1. The van der Waals surface area contributed by atoms with E-state index in [1.807, 2.05) is 6.08 Å². The van der Waals surface area contributed by atoms with Gasteiger partial charge in [-0.2, -0.15) is 0 Å². The average molecular weight is 499 g/mol. The van der Waals surface area contributed by atoms with Crippen molar-refractivity contribution in [2.45, 2.75) is 51.8 Å². The second-order valence-corrected chi connectivity index (χ2v) is 10.4. The number of ether oxygens (including phenoxy) is 1. The van der Waals surface area contributed by atoms with Gasteiger partial charge >= 0.3 is 5.97 Å². The standard InChI is InChI=1S/C21H30N4O6S2/c1-4-14-19(28)25-18(12(2)3)21(30)31-13-7-5-6-8-32-33-11-15(20(29)24-14)23-17(27)10-22-16(26)9-13/h4-5,7,12-13,15,18H,6,8-11H2,1-3H3,(H,22,26)(H,23,27)(H,24,29)(H,25,28)/b7-5-,14-4-/t13-,15-,18+/m1/s1. The molecule has 0 radical (unpaired) electrons. The van der Waals surface area contributed by atoms with Gasteiger partial charge in [-0.1, -0.05) is 47.6 Å². The molecular formula is C21H30N4O6S2. The van der Waals surface area contributed by atoms with Crippen LogP contribution in [0.15, 0.2) is 23.9 Å². The predicted molar refractivity (Wildman–Crippen MR) is 127 cm³/mol. The molecule has 2 bridgehead atoms. The minimum absolute atomic E-state index is 0.0449. The molecule has 1 fully saturated rings. The summed E-state index contributed by atoms with van der Waals surface area (Å²) in [6.07, 6.45) is 4.50. The molecule has 2 aliphatic rings. The lowest BCUT2D eigenvalue weighted by Crippen LogP contribution is -2.53. The smallest absolute Gasteiger partial charge is 0.329 e. The lowest BCUT2D eigenvalue weighted by molar-refractivity contribution is -0.153. The Hall–Kier alpha value is -2.47. The molecule has 2 aliphatic heterocycles. The maximum atomic E-state index is 12.9. The van der Waals surface area contributed by atoms with E-state index in [0.29, 0.717) is 12.2 Å². The van der Waals surface area contributed by atoms with Crippen LogP contribution < -0.4 is 21.3 Å². The van der Waals surface area contributed by atoms with Crippen molar-refractivity contribution in [1.82, 2.24) is 21.3 Å². The highest BCUT2D eigenvalue weighted by molar-refractivity contribution is 8.76. The summed E-state index contributed by atoms with van der Waals surface area (Å²) in [6, 6.07) is -1.92. The van der Waals surface area contributed by atoms with Gasteiger partial charge in [0, 0.05) is 11.5 Å². The minimum atomic E-state index is -0.992. The van der Waals surface area contributed by atoms with Gasteiger partial charge in [0.15, 0.2) is 0 Å². The Morgan fingerprint density at radius 1 is 1.09 bits per heavy atom. The van der Waals surface area contributed by atoms with Crippen molar-refractivity contribution >= 4 is 51.2 Å². The summed E-state index contributed by atoms with van der Waals surface area (Å²) in [7, 11) is 2.93.